The number of hydrogen-bond acceptors (Lipinski definition) is 6. The number of hydrogen-bond donors (Lipinski definition) is 4. The van der Waals surface area contributed by atoms with E-state index in [2.05, 4.69) is 15.1 Å². The number of aliphatic hydroxyl groups is 1. The summed E-state index contributed by atoms with van der Waals surface area (Å²) in [7, 11) is -3.77. The number of nitrogen functional groups attached to an aromatic ring is 1. The van der Waals surface area contributed by atoms with Gasteiger partial charge in [-0.25, -0.2) is 13.1 Å². The number of aromatic nitrogens is 1. The van der Waals surface area contributed by atoms with Crippen molar-refractivity contribution in [1.29, 1.82) is 0 Å². The zero-order chi connectivity index (χ0) is 14.6. The highest BCUT2D eigenvalue weighted by Gasteiger charge is 2.28. The van der Waals surface area contributed by atoms with E-state index in [9.17, 15) is 13.5 Å². The Bertz CT molecular complexity index is 549. The van der Waals surface area contributed by atoms with Crippen LogP contribution in [0.2, 0.25) is 0 Å². The van der Waals surface area contributed by atoms with Gasteiger partial charge >= 0.3 is 0 Å². The lowest BCUT2D eigenvalue weighted by Gasteiger charge is -2.22. The van der Waals surface area contributed by atoms with Crippen molar-refractivity contribution in [3.8, 4) is 0 Å². The van der Waals surface area contributed by atoms with Crippen LogP contribution in [0.4, 0.5) is 5.69 Å². The number of nitrogens with two attached hydrogens (primary N) is 1. The van der Waals surface area contributed by atoms with Crippen LogP contribution in [0.25, 0.3) is 0 Å². The summed E-state index contributed by atoms with van der Waals surface area (Å²) in [6.07, 6.45) is 6.11. The molecule has 1 aliphatic rings. The fraction of sp³-hybridized carbons (Fsp3) is 0.583. The Balaban J connectivity index is 2.22. The zero-order valence-electron chi connectivity index (χ0n) is 11.1. The fourth-order valence-electron chi connectivity index (χ4n) is 2.40. The number of hydrazine groups is 1. The van der Waals surface area contributed by atoms with Gasteiger partial charge in [0, 0.05) is 18.4 Å². The third-order valence-electron chi connectivity index (χ3n) is 3.52. The number of nitrogens with one attached hydrogen (secondary N) is 2. The molecule has 1 fully saturated rings. The first-order valence-corrected chi connectivity index (χ1v) is 8.14. The lowest BCUT2D eigenvalue weighted by Crippen LogP contribution is -2.42. The molecule has 0 radical (unpaired) electrons. The Morgan fingerprint density at radius 3 is 2.80 bits per heavy atom. The van der Waals surface area contributed by atoms with Crippen LogP contribution in [0.5, 0.6) is 0 Å². The Labute approximate surface area is 118 Å². The lowest BCUT2D eigenvalue weighted by atomic mass is 10.1. The molecule has 0 aromatic carbocycles. The van der Waals surface area contributed by atoms with Gasteiger partial charge in [-0.3, -0.25) is 10.8 Å². The molecule has 2 atom stereocenters. The monoisotopic (exact) mass is 300 g/mol. The summed E-state index contributed by atoms with van der Waals surface area (Å²) < 4.78 is 27.3. The van der Waals surface area contributed by atoms with Crippen LogP contribution in [0.15, 0.2) is 23.4 Å². The van der Waals surface area contributed by atoms with Crippen molar-refractivity contribution in [3.05, 3.63) is 18.5 Å². The predicted molar refractivity (Wildman–Crippen MR) is 75.2 cm³/mol. The van der Waals surface area contributed by atoms with E-state index in [1.807, 2.05) is 0 Å². The maximum Gasteiger partial charge on any atom is 0.244 e. The summed E-state index contributed by atoms with van der Waals surface area (Å²) in [4.78, 5) is 3.80. The summed E-state index contributed by atoms with van der Waals surface area (Å²) in [6.45, 7) is 0. The molecule has 1 heterocycles. The second-order valence-corrected chi connectivity index (χ2v) is 6.63. The first kappa shape index (κ1) is 15.2. The predicted octanol–water partition coefficient (Wildman–Crippen LogP) is 0.339. The van der Waals surface area contributed by atoms with Gasteiger partial charge in [0.05, 0.1) is 11.8 Å². The molecule has 0 bridgehead atoms. The van der Waals surface area contributed by atoms with Gasteiger partial charge in [-0.1, -0.05) is 19.3 Å². The summed E-state index contributed by atoms with van der Waals surface area (Å²) >= 11 is 0. The minimum absolute atomic E-state index is 0.0149. The van der Waals surface area contributed by atoms with E-state index in [0.717, 1.165) is 19.3 Å². The van der Waals surface area contributed by atoms with Crippen molar-refractivity contribution in [2.45, 2.75) is 49.1 Å². The van der Waals surface area contributed by atoms with Crippen LogP contribution in [-0.2, 0) is 10.0 Å². The van der Waals surface area contributed by atoms with E-state index in [0.29, 0.717) is 12.8 Å². The van der Waals surface area contributed by atoms with Crippen LogP contribution in [0.1, 0.15) is 32.1 Å². The largest absolute Gasteiger partial charge is 0.391 e. The van der Waals surface area contributed by atoms with Gasteiger partial charge in [0.15, 0.2) is 0 Å². The molecular formula is C12H20N4O3S. The van der Waals surface area contributed by atoms with Gasteiger partial charge in [-0.15, -0.1) is 0 Å². The number of pyridine rings is 1. The molecule has 0 saturated heterocycles. The van der Waals surface area contributed by atoms with E-state index in [1.54, 1.807) is 0 Å². The number of aliphatic hydroxyl groups excluding tert-OH is 1. The average molecular weight is 300 g/mol. The molecule has 1 aliphatic carbocycles. The van der Waals surface area contributed by atoms with Crippen molar-refractivity contribution in [3.63, 3.8) is 0 Å². The van der Waals surface area contributed by atoms with E-state index >= 15 is 0 Å². The Morgan fingerprint density at radius 2 is 2.05 bits per heavy atom. The van der Waals surface area contributed by atoms with Crippen LogP contribution in [0.3, 0.4) is 0 Å². The normalized spacial score (nSPS) is 24.1. The standard InChI is InChI=1S/C12H20N4O3S/c13-15-10-6-7-14-8-12(10)20(18,19)16-9-4-2-1-3-5-11(9)17/h6-9,11,16-17H,1-5,13H2,(H,14,15). The highest BCUT2D eigenvalue weighted by atomic mass is 32.2. The first-order valence-electron chi connectivity index (χ1n) is 6.65. The summed E-state index contributed by atoms with van der Waals surface area (Å²) in [5, 5.41) is 10.0. The van der Waals surface area contributed by atoms with Gasteiger partial charge in [0.1, 0.15) is 4.90 Å². The SMILES string of the molecule is NNc1ccncc1S(=O)(=O)NC1CCCCCC1O. The molecule has 1 aromatic heterocycles. The molecule has 0 aliphatic heterocycles. The molecule has 2 unspecified atom stereocenters. The Morgan fingerprint density at radius 1 is 1.30 bits per heavy atom. The van der Waals surface area contributed by atoms with E-state index in [4.69, 9.17) is 5.84 Å². The third-order valence-corrected chi connectivity index (χ3v) is 5.03. The second-order valence-electron chi connectivity index (χ2n) is 4.95. The second kappa shape index (κ2) is 6.49. The van der Waals surface area contributed by atoms with Crippen molar-refractivity contribution in [1.82, 2.24) is 9.71 Å². The van der Waals surface area contributed by atoms with Gasteiger partial charge in [-0.2, -0.15) is 0 Å². The van der Waals surface area contributed by atoms with E-state index < -0.39 is 22.2 Å². The van der Waals surface area contributed by atoms with E-state index in [1.165, 1.54) is 18.5 Å². The third kappa shape index (κ3) is 3.45. The number of sulfonamides is 1. The molecule has 1 aromatic rings. The molecule has 0 spiro atoms. The molecule has 112 valence electrons. The van der Waals surface area contributed by atoms with E-state index in [-0.39, 0.29) is 10.6 Å². The minimum atomic E-state index is -3.77. The Hall–Kier alpha value is -1.22. The van der Waals surface area contributed by atoms with Crippen molar-refractivity contribution in [2.75, 3.05) is 5.43 Å². The molecular weight excluding hydrogens is 280 g/mol. The van der Waals surface area contributed by atoms with Crippen molar-refractivity contribution in [2.24, 2.45) is 5.84 Å². The number of nitrogens with zero attached hydrogens (tertiary/aromatic N) is 1. The zero-order valence-corrected chi connectivity index (χ0v) is 11.9. The first-order chi connectivity index (χ1) is 9.54. The van der Waals surface area contributed by atoms with Gasteiger partial charge in [0.2, 0.25) is 10.0 Å². The molecule has 5 N–H and O–H groups in total. The van der Waals surface area contributed by atoms with Crippen LogP contribution in [-0.4, -0.2) is 30.7 Å². The lowest BCUT2D eigenvalue weighted by molar-refractivity contribution is 0.130. The highest BCUT2D eigenvalue weighted by Crippen LogP contribution is 2.22. The van der Waals surface area contributed by atoms with Crippen LogP contribution < -0.4 is 16.0 Å². The molecule has 20 heavy (non-hydrogen) atoms. The maximum atomic E-state index is 12.4. The molecule has 1 saturated carbocycles. The topological polar surface area (TPSA) is 117 Å². The van der Waals surface area contributed by atoms with Crippen LogP contribution >= 0.6 is 0 Å². The van der Waals surface area contributed by atoms with Gasteiger partial charge in [0.25, 0.3) is 0 Å². The fourth-order valence-corrected chi connectivity index (χ4v) is 3.82. The highest BCUT2D eigenvalue weighted by molar-refractivity contribution is 7.89. The van der Waals surface area contributed by atoms with Crippen molar-refractivity contribution < 1.29 is 13.5 Å². The maximum absolute atomic E-state index is 12.4. The minimum Gasteiger partial charge on any atom is -0.391 e. The van der Waals surface area contributed by atoms with Crippen molar-refractivity contribution >= 4 is 15.7 Å². The molecule has 8 heteroatoms. The van der Waals surface area contributed by atoms with Crippen LogP contribution in [0, 0.1) is 0 Å². The summed E-state index contributed by atoms with van der Waals surface area (Å²) in [5.41, 5.74) is 2.61. The van der Waals surface area contributed by atoms with Gasteiger partial charge in [-0.05, 0) is 18.9 Å². The Kier molecular flexibility index (Phi) is 4.92. The number of anilines is 1. The smallest absolute Gasteiger partial charge is 0.244 e. The molecule has 2 rings (SSSR count). The quantitative estimate of drug-likeness (QED) is 0.362. The molecule has 0 amide bonds. The van der Waals surface area contributed by atoms with Gasteiger partial charge < -0.3 is 10.5 Å². The average Bonchev–Trinajstić information content (AvgIpc) is 2.64. The number of rotatable bonds is 4. The summed E-state index contributed by atoms with van der Waals surface area (Å²) in [6, 6.07) is 1.02. The summed E-state index contributed by atoms with van der Waals surface area (Å²) in [5.74, 6) is 5.31. The molecule has 7 nitrogen and oxygen atoms in total.